The number of ether oxygens (including phenoxy) is 1. The molecule has 0 unspecified atom stereocenters. The first kappa shape index (κ1) is 16.5. The van der Waals surface area contributed by atoms with Crippen LogP contribution in [0.2, 0.25) is 10.0 Å². The van der Waals surface area contributed by atoms with Crippen molar-refractivity contribution in [3.05, 3.63) is 56.6 Å². The fourth-order valence-corrected chi connectivity index (χ4v) is 2.67. The average molecular weight is 363 g/mol. The van der Waals surface area contributed by atoms with Crippen molar-refractivity contribution in [2.45, 2.75) is 4.90 Å². The Morgan fingerprint density at radius 1 is 1.18 bits per heavy atom. The van der Waals surface area contributed by atoms with Gasteiger partial charge in [0.25, 0.3) is 5.69 Å². The monoisotopic (exact) mass is 362 g/mol. The van der Waals surface area contributed by atoms with Gasteiger partial charge in [-0.05, 0) is 18.2 Å². The van der Waals surface area contributed by atoms with Crippen molar-refractivity contribution in [1.29, 1.82) is 0 Å². The van der Waals surface area contributed by atoms with Gasteiger partial charge in [-0.25, -0.2) is 13.6 Å². The second-order valence-electron chi connectivity index (χ2n) is 4.09. The summed E-state index contributed by atoms with van der Waals surface area (Å²) in [6, 6.07) is 7.78. The van der Waals surface area contributed by atoms with Crippen molar-refractivity contribution in [2.24, 2.45) is 5.14 Å². The van der Waals surface area contributed by atoms with Crippen LogP contribution < -0.4 is 9.88 Å². The summed E-state index contributed by atoms with van der Waals surface area (Å²) >= 11 is 11.8. The molecule has 22 heavy (non-hydrogen) atoms. The van der Waals surface area contributed by atoms with Crippen LogP contribution in [0.5, 0.6) is 11.5 Å². The summed E-state index contributed by atoms with van der Waals surface area (Å²) in [4.78, 5) is 9.33. The number of hydrogen-bond acceptors (Lipinski definition) is 5. The molecule has 10 heteroatoms. The average Bonchev–Trinajstić information content (AvgIpc) is 2.42. The van der Waals surface area contributed by atoms with E-state index in [1.54, 1.807) is 12.1 Å². The lowest BCUT2D eigenvalue weighted by atomic mass is 10.3. The Hall–Kier alpha value is -1.87. The van der Waals surface area contributed by atoms with Crippen LogP contribution in [-0.4, -0.2) is 13.3 Å². The minimum absolute atomic E-state index is 0.0128. The Kier molecular flexibility index (Phi) is 4.57. The Morgan fingerprint density at radius 2 is 1.86 bits per heavy atom. The molecule has 7 nitrogen and oxygen atoms in total. The van der Waals surface area contributed by atoms with Crippen LogP contribution in [0.15, 0.2) is 41.3 Å². The number of nitro benzene ring substituents is 1. The van der Waals surface area contributed by atoms with Gasteiger partial charge in [0.15, 0.2) is 4.90 Å². The quantitative estimate of drug-likeness (QED) is 0.661. The number of nitrogens with two attached hydrogens (primary N) is 1. The van der Waals surface area contributed by atoms with Gasteiger partial charge in [-0.1, -0.05) is 29.3 Å². The van der Waals surface area contributed by atoms with E-state index in [1.165, 1.54) is 12.1 Å². The topological polar surface area (TPSA) is 113 Å². The highest BCUT2D eigenvalue weighted by molar-refractivity contribution is 7.89. The number of rotatable bonds is 4. The van der Waals surface area contributed by atoms with Crippen LogP contribution in [0.4, 0.5) is 5.69 Å². The highest BCUT2D eigenvalue weighted by Crippen LogP contribution is 2.36. The van der Waals surface area contributed by atoms with Gasteiger partial charge in [0.2, 0.25) is 10.0 Å². The molecule has 0 saturated heterocycles. The standard InChI is InChI=1S/C12H8Cl2N2O5S/c13-8-2-1-3-10(12(8)14)21-7-4-5-9(16(17)18)11(6-7)22(15,19)20/h1-6H,(H2,15,19,20). The zero-order valence-corrected chi connectivity index (χ0v) is 13.0. The van der Waals surface area contributed by atoms with Crippen molar-refractivity contribution in [3.8, 4) is 11.5 Å². The molecule has 0 heterocycles. The Morgan fingerprint density at radius 3 is 2.45 bits per heavy atom. The number of halogens is 2. The molecular weight excluding hydrogens is 355 g/mol. The zero-order chi connectivity index (χ0) is 16.5. The summed E-state index contributed by atoms with van der Waals surface area (Å²) in [6.07, 6.45) is 0. The molecule has 2 rings (SSSR count). The SMILES string of the molecule is NS(=O)(=O)c1cc(Oc2cccc(Cl)c2Cl)ccc1[N+](=O)[O-]. The van der Waals surface area contributed by atoms with Gasteiger partial charge < -0.3 is 4.74 Å². The molecule has 0 aliphatic heterocycles. The molecule has 0 aliphatic rings. The predicted molar refractivity (Wildman–Crippen MR) is 81.0 cm³/mol. The maximum absolute atomic E-state index is 11.5. The van der Waals surface area contributed by atoms with E-state index in [-0.39, 0.29) is 21.5 Å². The van der Waals surface area contributed by atoms with E-state index in [2.05, 4.69) is 0 Å². The minimum Gasteiger partial charge on any atom is -0.456 e. The summed E-state index contributed by atoms with van der Waals surface area (Å²) in [5.41, 5.74) is -0.646. The Labute approximate surface area is 135 Å². The fraction of sp³-hybridized carbons (Fsp3) is 0. The van der Waals surface area contributed by atoms with E-state index in [9.17, 15) is 18.5 Å². The molecule has 2 aromatic rings. The zero-order valence-electron chi connectivity index (χ0n) is 10.7. The molecule has 0 saturated carbocycles. The van der Waals surface area contributed by atoms with Gasteiger partial charge in [0.1, 0.15) is 16.5 Å². The summed E-state index contributed by atoms with van der Waals surface area (Å²) in [6.45, 7) is 0. The number of nitrogens with zero attached hydrogens (tertiary/aromatic N) is 1. The number of primary sulfonamides is 1. The molecule has 0 atom stereocenters. The third-order valence-electron chi connectivity index (χ3n) is 2.58. The van der Waals surface area contributed by atoms with Gasteiger partial charge in [0.05, 0.1) is 9.95 Å². The summed E-state index contributed by atoms with van der Waals surface area (Å²) in [5, 5.41) is 16.2. The number of nitro groups is 1. The third-order valence-corrected chi connectivity index (χ3v) is 4.32. The first-order valence-corrected chi connectivity index (χ1v) is 7.93. The summed E-state index contributed by atoms with van der Waals surface area (Å²) in [7, 11) is -4.29. The second kappa shape index (κ2) is 6.09. The van der Waals surface area contributed by atoms with E-state index < -0.39 is 25.5 Å². The lowest BCUT2D eigenvalue weighted by molar-refractivity contribution is -0.387. The largest absolute Gasteiger partial charge is 0.456 e. The van der Waals surface area contributed by atoms with Gasteiger partial charge >= 0.3 is 0 Å². The molecule has 0 spiro atoms. The highest BCUT2D eigenvalue weighted by atomic mass is 35.5. The molecule has 0 aromatic heterocycles. The highest BCUT2D eigenvalue weighted by Gasteiger charge is 2.23. The molecule has 0 fully saturated rings. The Bertz CT molecular complexity index is 855. The molecule has 116 valence electrons. The molecule has 0 aliphatic carbocycles. The van der Waals surface area contributed by atoms with Crippen molar-refractivity contribution in [1.82, 2.24) is 0 Å². The second-order valence-corrected chi connectivity index (χ2v) is 6.40. The van der Waals surface area contributed by atoms with Crippen LogP contribution >= 0.6 is 23.2 Å². The van der Waals surface area contributed by atoms with Crippen molar-refractivity contribution in [3.63, 3.8) is 0 Å². The van der Waals surface area contributed by atoms with Crippen LogP contribution in [-0.2, 0) is 10.0 Å². The predicted octanol–water partition coefficient (Wildman–Crippen LogP) is 3.34. The van der Waals surface area contributed by atoms with Crippen molar-refractivity contribution in [2.75, 3.05) is 0 Å². The van der Waals surface area contributed by atoms with Crippen LogP contribution in [0.1, 0.15) is 0 Å². The molecule has 2 N–H and O–H groups in total. The van der Waals surface area contributed by atoms with E-state index in [4.69, 9.17) is 33.1 Å². The van der Waals surface area contributed by atoms with Gasteiger partial charge in [-0.3, -0.25) is 10.1 Å². The maximum atomic E-state index is 11.5. The van der Waals surface area contributed by atoms with Crippen molar-refractivity contribution >= 4 is 38.9 Å². The van der Waals surface area contributed by atoms with E-state index in [0.29, 0.717) is 0 Å². The lowest BCUT2D eigenvalue weighted by Crippen LogP contribution is -2.14. The van der Waals surface area contributed by atoms with Crippen molar-refractivity contribution < 1.29 is 18.1 Å². The van der Waals surface area contributed by atoms with Crippen LogP contribution in [0.3, 0.4) is 0 Å². The molecule has 0 bridgehead atoms. The molecule has 2 aromatic carbocycles. The third kappa shape index (κ3) is 3.47. The van der Waals surface area contributed by atoms with Crippen LogP contribution in [0.25, 0.3) is 0 Å². The van der Waals surface area contributed by atoms with Crippen LogP contribution in [0, 0.1) is 10.1 Å². The smallest absolute Gasteiger partial charge is 0.289 e. The minimum atomic E-state index is -4.29. The first-order chi connectivity index (χ1) is 10.2. The molecule has 0 radical (unpaired) electrons. The summed E-state index contributed by atoms with van der Waals surface area (Å²) < 4.78 is 28.3. The summed E-state index contributed by atoms with van der Waals surface area (Å²) in [5.74, 6) is 0.183. The van der Waals surface area contributed by atoms with E-state index in [1.807, 2.05) is 0 Å². The number of benzene rings is 2. The lowest BCUT2D eigenvalue weighted by Gasteiger charge is -2.09. The van der Waals surface area contributed by atoms with E-state index in [0.717, 1.165) is 12.1 Å². The number of hydrogen-bond donors (Lipinski definition) is 1. The first-order valence-electron chi connectivity index (χ1n) is 5.63. The number of sulfonamides is 1. The van der Waals surface area contributed by atoms with E-state index >= 15 is 0 Å². The normalized spacial score (nSPS) is 11.2. The molecule has 0 amide bonds. The van der Waals surface area contributed by atoms with Gasteiger partial charge in [-0.2, -0.15) is 0 Å². The molecular formula is C12H8Cl2N2O5S. The van der Waals surface area contributed by atoms with Gasteiger partial charge in [0, 0.05) is 12.1 Å². The van der Waals surface area contributed by atoms with Gasteiger partial charge in [-0.15, -0.1) is 0 Å². The Balaban J connectivity index is 2.50. The fourth-order valence-electron chi connectivity index (χ4n) is 1.63. The maximum Gasteiger partial charge on any atom is 0.289 e.